The zero-order valence-corrected chi connectivity index (χ0v) is 12.1. The number of rotatable bonds is 3. The van der Waals surface area contributed by atoms with Crippen molar-refractivity contribution < 1.29 is 9.18 Å². The molecule has 0 amide bonds. The molecule has 0 spiro atoms. The van der Waals surface area contributed by atoms with Gasteiger partial charge in [-0.1, -0.05) is 29.8 Å². The van der Waals surface area contributed by atoms with E-state index in [9.17, 15) is 9.18 Å². The first kappa shape index (κ1) is 13.6. The zero-order chi connectivity index (χ0) is 15.0. The van der Waals surface area contributed by atoms with Crippen LogP contribution in [-0.2, 0) is 6.54 Å². The van der Waals surface area contributed by atoms with Crippen LogP contribution in [0, 0.1) is 19.7 Å². The third-order valence-corrected chi connectivity index (χ3v) is 3.76. The molecule has 0 fully saturated rings. The van der Waals surface area contributed by atoms with Gasteiger partial charge >= 0.3 is 0 Å². The quantitative estimate of drug-likeness (QED) is 0.657. The zero-order valence-electron chi connectivity index (χ0n) is 12.1. The molecule has 0 saturated carbocycles. The van der Waals surface area contributed by atoms with Crippen LogP contribution in [0.5, 0.6) is 0 Å². The molecule has 0 aliphatic carbocycles. The molecule has 2 nitrogen and oxygen atoms in total. The second-order valence-corrected chi connectivity index (χ2v) is 5.36. The summed E-state index contributed by atoms with van der Waals surface area (Å²) in [5.41, 5.74) is 3.58. The Labute approximate surface area is 122 Å². The van der Waals surface area contributed by atoms with Crippen molar-refractivity contribution in [2.45, 2.75) is 20.4 Å². The maximum absolute atomic E-state index is 13.7. The summed E-state index contributed by atoms with van der Waals surface area (Å²) in [5, 5.41) is 0.547. The Morgan fingerprint density at radius 3 is 2.71 bits per heavy atom. The van der Waals surface area contributed by atoms with Gasteiger partial charge in [-0.3, -0.25) is 4.79 Å². The van der Waals surface area contributed by atoms with Crippen molar-refractivity contribution in [1.29, 1.82) is 0 Å². The molecule has 0 bridgehead atoms. The van der Waals surface area contributed by atoms with Crippen LogP contribution in [0.15, 0.2) is 48.7 Å². The third-order valence-electron chi connectivity index (χ3n) is 3.76. The van der Waals surface area contributed by atoms with E-state index in [1.807, 2.05) is 38.1 Å². The molecule has 1 aromatic heterocycles. The van der Waals surface area contributed by atoms with Gasteiger partial charge in [0.15, 0.2) is 5.78 Å². The van der Waals surface area contributed by atoms with Gasteiger partial charge in [0.25, 0.3) is 0 Å². The highest BCUT2D eigenvalue weighted by molar-refractivity contribution is 5.98. The minimum absolute atomic E-state index is 0.0364. The molecule has 0 saturated heterocycles. The second kappa shape index (κ2) is 5.17. The lowest BCUT2D eigenvalue weighted by Gasteiger charge is -2.08. The standard InChI is InChI=1S/C18H16FNO/c1-12-6-7-14(13(2)10-12)18(21)11-20-9-8-15-16(19)4-3-5-17(15)20/h3-10H,11H2,1-2H3. The van der Waals surface area contributed by atoms with E-state index in [2.05, 4.69) is 0 Å². The van der Waals surface area contributed by atoms with Crippen molar-refractivity contribution >= 4 is 16.7 Å². The fraction of sp³-hybridized carbons (Fsp3) is 0.167. The Hall–Kier alpha value is -2.42. The summed E-state index contributed by atoms with van der Waals surface area (Å²) in [6.07, 6.45) is 1.76. The molecule has 106 valence electrons. The number of aromatic nitrogens is 1. The van der Waals surface area contributed by atoms with Crippen molar-refractivity contribution in [3.05, 3.63) is 71.2 Å². The predicted molar refractivity (Wildman–Crippen MR) is 82.1 cm³/mol. The monoisotopic (exact) mass is 281 g/mol. The average Bonchev–Trinajstić information content (AvgIpc) is 2.83. The minimum atomic E-state index is -0.259. The fourth-order valence-electron chi connectivity index (χ4n) is 2.69. The van der Waals surface area contributed by atoms with Gasteiger partial charge in [0.2, 0.25) is 0 Å². The number of carbonyl (C=O) groups excluding carboxylic acids is 1. The highest BCUT2D eigenvalue weighted by atomic mass is 19.1. The number of hydrogen-bond donors (Lipinski definition) is 0. The van der Waals surface area contributed by atoms with Crippen molar-refractivity contribution in [2.24, 2.45) is 0 Å². The lowest BCUT2D eigenvalue weighted by atomic mass is 10.0. The van der Waals surface area contributed by atoms with E-state index in [0.29, 0.717) is 5.39 Å². The molecule has 2 aromatic carbocycles. The number of Topliss-reactive ketones (excluding diaryl/α,β-unsaturated/α-hetero) is 1. The van der Waals surface area contributed by atoms with Crippen LogP contribution in [0.2, 0.25) is 0 Å². The van der Waals surface area contributed by atoms with E-state index in [1.54, 1.807) is 22.9 Å². The first-order chi connectivity index (χ1) is 10.1. The Morgan fingerprint density at radius 1 is 1.14 bits per heavy atom. The van der Waals surface area contributed by atoms with Gasteiger partial charge in [-0.2, -0.15) is 0 Å². The molecule has 0 radical (unpaired) electrons. The lowest BCUT2D eigenvalue weighted by molar-refractivity contribution is 0.0973. The Balaban J connectivity index is 1.95. The molecule has 3 heteroatoms. The summed E-state index contributed by atoms with van der Waals surface area (Å²) in [5.74, 6) is -0.223. The van der Waals surface area contributed by atoms with Gasteiger partial charge in [-0.15, -0.1) is 0 Å². The molecule has 3 aromatic rings. The summed E-state index contributed by atoms with van der Waals surface area (Å²) in [6, 6.07) is 12.4. The van der Waals surface area contributed by atoms with Gasteiger partial charge in [0.1, 0.15) is 5.82 Å². The van der Waals surface area contributed by atoms with Crippen LogP contribution in [0.25, 0.3) is 10.9 Å². The molecule has 0 N–H and O–H groups in total. The number of nitrogens with zero attached hydrogens (tertiary/aromatic N) is 1. The average molecular weight is 281 g/mol. The first-order valence-electron chi connectivity index (χ1n) is 6.90. The van der Waals surface area contributed by atoms with E-state index >= 15 is 0 Å². The third kappa shape index (κ3) is 2.47. The number of ketones is 1. The Bertz CT molecular complexity index is 832. The van der Waals surface area contributed by atoms with Gasteiger partial charge in [-0.25, -0.2) is 4.39 Å². The largest absolute Gasteiger partial charge is 0.340 e. The molecular weight excluding hydrogens is 265 g/mol. The number of aryl methyl sites for hydroxylation is 2. The molecule has 0 atom stereocenters. The highest BCUT2D eigenvalue weighted by Crippen LogP contribution is 2.20. The molecule has 21 heavy (non-hydrogen) atoms. The Morgan fingerprint density at radius 2 is 1.95 bits per heavy atom. The first-order valence-corrected chi connectivity index (χ1v) is 6.90. The molecule has 0 unspecified atom stereocenters. The fourth-order valence-corrected chi connectivity index (χ4v) is 2.69. The topological polar surface area (TPSA) is 22.0 Å². The maximum atomic E-state index is 13.7. The molecule has 3 rings (SSSR count). The number of fused-ring (bicyclic) bond motifs is 1. The maximum Gasteiger partial charge on any atom is 0.182 e. The van der Waals surface area contributed by atoms with Crippen molar-refractivity contribution in [2.75, 3.05) is 0 Å². The van der Waals surface area contributed by atoms with Crippen LogP contribution in [0.1, 0.15) is 21.5 Å². The molecular formula is C18H16FNO. The highest BCUT2D eigenvalue weighted by Gasteiger charge is 2.12. The van der Waals surface area contributed by atoms with E-state index < -0.39 is 0 Å². The van der Waals surface area contributed by atoms with Crippen LogP contribution in [-0.4, -0.2) is 10.4 Å². The summed E-state index contributed by atoms with van der Waals surface area (Å²) in [7, 11) is 0. The SMILES string of the molecule is Cc1ccc(C(=O)Cn2ccc3c(F)cccc32)c(C)c1. The number of benzene rings is 2. The Kier molecular flexibility index (Phi) is 3.34. The van der Waals surface area contributed by atoms with Crippen LogP contribution in [0.4, 0.5) is 4.39 Å². The van der Waals surface area contributed by atoms with E-state index in [1.165, 1.54) is 6.07 Å². The summed E-state index contributed by atoms with van der Waals surface area (Å²) < 4.78 is 15.5. The van der Waals surface area contributed by atoms with Gasteiger partial charge < -0.3 is 4.57 Å². The van der Waals surface area contributed by atoms with Gasteiger partial charge in [0.05, 0.1) is 12.1 Å². The summed E-state index contributed by atoms with van der Waals surface area (Å²) >= 11 is 0. The van der Waals surface area contributed by atoms with E-state index in [0.717, 1.165) is 22.2 Å². The van der Waals surface area contributed by atoms with E-state index in [4.69, 9.17) is 0 Å². The molecule has 0 aliphatic heterocycles. The second-order valence-electron chi connectivity index (χ2n) is 5.36. The number of carbonyl (C=O) groups is 1. The summed E-state index contributed by atoms with van der Waals surface area (Å²) in [4.78, 5) is 12.5. The normalized spacial score (nSPS) is 11.0. The van der Waals surface area contributed by atoms with Crippen LogP contribution < -0.4 is 0 Å². The van der Waals surface area contributed by atoms with Crippen molar-refractivity contribution in [3.63, 3.8) is 0 Å². The molecule has 1 heterocycles. The molecule has 0 aliphatic rings. The smallest absolute Gasteiger partial charge is 0.182 e. The number of hydrogen-bond acceptors (Lipinski definition) is 1. The number of halogens is 1. The van der Waals surface area contributed by atoms with Crippen LogP contribution in [0.3, 0.4) is 0 Å². The van der Waals surface area contributed by atoms with Gasteiger partial charge in [0, 0.05) is 17.1 Å². The van der Waals surface area contributed by atoms with Crippen molar-refractivity contribution in [1.82, 2.24) is 4.57 Å². The minimum Gasteiger partial charge on any atom is -0.340 e. The van der Waals surface area contributed by atoms with Crippen molar-refractivity contribution in [3.8, 4) is 0 Å². The van der Waals surface area contributed by atoms with E-state index in [-0.39, 0.29) is 18.1 Å². The van der Waals surface area contributed by atoms with Gasteiger partial charge in [-0.05, 0) is 37.6 Å². The lowest BCUT2D eigenvalue weighted by Crippen LogP contribution is -2.11. The van der Waals surface area contributed by atoms with Crippen LogP contribution >= 0.6 is 0 Å². The summed E-state index contributed by atoms with van der Waals surface area (Å²) in [6.45, 7) is 4.16. The predicted octanol–water partition coefficient (Wildman–Crippen LogP) is 4.28.